The summed E-state index contributed by atoms with van der Waals surface area (Å²) < 4.78 is 16.6. The molecule has 0 saturated carbocycles. The van der Waals surface area contributed by atoms with Crippen molar-refractivity contribution in [3.8, 4) is 17.2 Å². The number of ether oxygens (including phenoxy) is 3. The second-order valence-electron chi connectivity index (χ2n) is 6.49. The third kappa shape index (κ3) is 5.38. The minimum atomic E-state index is 0.639. The summed E-state index contributed by atoms with van der Waals surface area (Å²) in [5.41, 5.74) is 2.38. The normalized spacial score (nSPS) is 11.0. The number of rotatable bonds is 10. The summed E-state index contributed by atoms with van der Waals surface area (Å²) in [4.78, 5) is 4.61. The minimum absolute atomic E-state index is 0.639. The number of benzene rings is 2. The van der Waals surface area contributed by atoms with Crippen LogP contribution in [-0.2, 0) is 13.1 Å². The van der Waals surface area contributed by atoms with E-state index in [-0.39, 0.29) is 0 Å². The average Bonchev–Trinajstić information content (AvgIpc) is 2.66. The van der Waals surface area contributed by atoms with Gasteiger partial charge in [-0.05, 0) is 25.7 Å². The molecular formula is C21H30N2O3. The Morgan fingerprint density at radius 3 is 2.00 bits per heavy atom. The number of likely N-dealkylation sites (N-methyl/N-ethyl adjacent to an activating group) is 1. The van der Waals surface area contributed by atoms with E-state index in [9.17, 15) is 0 Å². The highest BCUT2D eigenvalue weighted by molar-refractivity contribution is 5.55. The summed E-state index contributed by atoms with van der Waals surface area (Å²) >= 11 is 0. The van der Waals surface area contributed by atoms with E-state index < -0.39 is 0 Å². The molecule has 142 valence electrons. The summed E-state index contributed by atoms with van der Waals surface area (Å²) in [5.74, 6) is 2.05. The first-order valence-corrected chi connectivity index (χ1v) is 8.77. The van der Waals surface area contributed by atoms with Crippen molar-refractivity contribution in [1.29, 1.82) is 0 Å². The Hall–Kier alpha value is -2.24. The molecule has 0 aliphatic rings. The topological polar surface area (TPSA) is 34.2 Å². The molecule has 0 aliphatic carbocycles. The fraction of sp³-hybridized carbons (Fsp3) is 0.429. The van der Waals surface area contributed by atoms with Crippen LogP contribution >= 0.6 is 0 Å². The summed E-state index contributed by atoms with van der Waals surface area (Å²) in [6, 6.07) is 14.5. The van der Waals surface area contributed by atoms with Crippen LogP contribution in [0.5, 0.6) is 17.2 Å². The molecule has 0 atom stereocenters. The summed E-state index contributed by atoms with van der Waals surface area (Å²) in [5, 5.41) is 0. The molecule has 0 N–H and O–H groups in total. The first-order valence-electron chi connectivity index (χ1n) is 8.77. The molecule has 0 amide bonds. The standard InChI is InChI=1S/C21H30N2O3/c1-22(2)13-14-23(15-17-9-7-6-8-10-17)16-18-11-12-19(24-3)21(26-5)20(18)25-4/h6-12H,13-16H2,1-5H3. The second-order valence-corrected chi connectivity index (χ2v) is 6.49. The van der Waals surface area contributed by atoms with E-state index >= 15 is 0 Å². The van der Waals surface area contributed by atoms with Crippen LogP contribution in [0.2, 0.25) is 0 Å². The summed E-state index contributed by atoms with van der Waals surface area (Å²) in [6.07, 6.45) is 0. The van der Waals surface area contributed by atoms with Gasteiger partial charge < -0.3 is 19.1 Å². The van der Waals surface area contributed by atoms with Gasteiger partial charge in [-0.2, -0.15) is 0 Å². The molecule has 0 saturated heterocycles. The molecule has 5 nitrogen and oxygen atoms in total. The van der Waals surface area contributed by atoms with Crippen LogP contribution in [0.1, 0.15) is 11.1 Å². The number of nitrogens with zero attached hydrogens (tertiary/aromatic N) is 2. The van der Waals surface area contributed by atoms with Crippen molar-refractivity contribution in [1.82, 2.24) is 9.80 Å². The first kappa shape index (κ1) is 20.1. The fourth-order valence-corrected chi connectivity index (χ4v) is 2.93. The molecular weight excluding hydrogens is 328 g/mol. The molecule has 0 radical (unpaired) electrons. The van der Waals surface area contributed by atoms with E-state index in [1.807, 2.05) is 18.2 Å². The van der Waals surface area contributed by atoms with Crippen LogP contribution in [0.15, 0.2) is 42.5 Å². The molecule has 2 rings (SSSR count). The summed E-state index contributed by atoms with van der Waals surface area (Å²) in [7, 11) is 9.13. The average molecular weight is 358 g/mol. The fourth-order valence-electron chi connectivity index (χ4n) is 2.93. The molecule has 26 heavy (non-hydrogen) atoms. The second kappa shape index (κ2) is 10.0. The lowest BCUT2D eigenvalue weighted by Crippen LogP contribution is -2.31. The maximum Gasteiger partial charge on any atom is 0.203 e. The zero-order chi connectivity index (χ0) is 18.9. The van der Waals surface area contributed by atoms with Gasteiger partial charge in [0.2, 0.25) is 5.75 Å². The van der Waals surface area contributed by atoms with Gasteiger partial charge in [0.1, 0.15) is 0 Å². The Kier molecular flexibility index (Phi) is 7.75. The highest BCUT2D eigenvalue weighted by Crippen LogP contribution is 2.40. The van der Waals surface area contributed by atoms with Gasteiger partial charge in [0.15, 0.2) is 11.5 Å². The Labute approximate surface area is 157 Å². The van der Waals surface area contributed by atoms with Crippen LogP contribution in [0, 0.1) is 0 Å². The molecule has 0 unspecified atom stereocenters. The van der Waals surface area contributed by atoms with Gasteiger partial charge in [0.05, 0.1) is 21.3 Å². The van der Waals surface area contributed by atoms with Crippen molar-refractivity contribution in [2.45, 2.75) is 13.1 Å². The van der Waals surface area contributed by atoms with Crippen molar-refractivity contribution in [3.63, 3.8) is 0 Å². The molecule has 0 fully saturated rings. The van der Waals surface area contributed by atoms with Crippen LogP contribution in [0.4, 0.5) is 0 Å². The van der Waals surface area contributed by atoms with Gasteiger partial charge in [-0.1, -0.05) is 36.4 Å². The Morgan fingerprint density at radius 2 is 1.42 bits per heavy atom. The van der Waals surface area contributed by atoms with E-state index in [1.165, 1.54) is 5.56 Å². The van der Waals surface area contributed by atoms with E-state index in [0.717, 1.165) is 37.5 Å². The largest absolute Gasteiger partial charge is 0.493 e. The third-order valence-corrected chi connectivity index (χ3v) is 4.29. The van der Waals surface area contributed by atoms with E-state index in [0.29, 0.717) is 11.5 Å². The van der Waals surface area contributed by atoms with E-state index in [2.05, 4.69) is 48.2 Å². The van der Waals surface area contributed by atoms with Crippen molar-refractivity contribution in [2.75, 3.05) is 48.5 Å². The predicted molar refractivity (Wildman–Crippen MR) is 105 cm³/mol. The summed E-state index contributed by atoms with van der Waals surface area (Å²) in [6.45, 7) is 3.60. The lowest BCUT2D eigenvalue weighted by Gasteiger charge is -2.26. The molecule has 5 heteroatoms. The quantitative estimate of drug-likeness (QED) is 0.651. The first-order chi connectivity index (χ1) is 12.6. The van der Waals surface area contributed by atoms with Gasteiger partial charge in [-0.15, -0.1) is 0 Å². The van der Waals surface area contributed by atoms with Crippen LogP contribution in [-0.4, -0.2) is 58.3 Å². The maximum absolute atomic E-state index is 5.64. The van der Waals surface area contributed by atoms with Gasteiger partial charge in [0, 0.05) is 31.7 Å². The molecule has 2 aromatic rings. The monoisotopic (exact) mass is 358 g/mol. The molecule has 0 spiro atoms. The number of hydrogen-bond donors (Lipinski definition) is 0. The van der Waals surface area contributed by atoms with Crippen molar-refractivity contribution >= 4 is 0 Å². The van der Waals surface area contributed by atoms with Crippen LogP contribution in [0.3, 0.4) is 0 Å². The van der Waals surface area contributed by atoms with E-state index in [4.69, 9.17) is 14.2 Å². The van der Waals surface area contributed by atoms with Crippen LogP contribution in [0.25, 0.3) is 0 Å². The van der Waals surface area contributed by atoms with Crippen LogP contribution < -0.4 is 14.2 Å². The zero-order valence-corrected chi connectivity index (χ0v) is 16.5. The van der Waals surface area contributed by atoms with Crippen molar-refractivity contribution < 1.29 is 14.2 Å². The number of hydrogen-bond acceptors (Lipinski definition) is 5. The Balaban J connectivity index is 2.26. The van der Waals surface area contributed by atoms with Crippen molar-refractivity contribution in [3.05, 3.63) is 53.6 Å². The Morgan fingerprint density at radius 1 is 0.731 bits per heavy atom. The number of methoxy groups -OCH3 is 3. The van der Waals surface area contributed by atoms with Gasteiger partial charge in [-0.25, -0.2) is 0 Å². The molecule has 0 aliphatic heterocycles. The Bertz CT molecular complexity index is 674. The van der Waals surface area contributed by atoms with Gasteiger partial charge in [0.25, 0.3) is 0 Å². The predicted octanol–water partition coefficient (Wildman–Crippen LogP) is 3.28. The SMILES string of the molecule is COc1ccc(CN(CCN(C)C)Cc2ccccc2)c(OC)c1OC. The lowest BCUT2D eigenvalue weighted by molar-refractivity contribution is 0.222. The smallest absolute Gasteiger partial charge is 0.203 e. The van der Waals surface area contributed by atoms with Gasteiger partial charge >= 0.3 is 0 Å². The minimum Gasteiger partial charge on any atom is -0.493 e. The highest BCUT2D eigenvalue weighted by atomic mass is 16.5. The molecule has 0 heterocycles. The third-order valence-electron chi connectivity index (χ3n) is 4.29. The lowest BCUT2D eigenvalue weighted by atomic mass is 10.1. The highest BCUT2D eigenvalue weighted by Gasteiger charge is 2.18. The maximum atomic E-state index is 5.64. The zero-order valence-electron chi connectivity index (χ0n) is 16.5. The molecule has 0 aromatic heterocycles. The van der Waals surface area contributed by atoms with Crippen molar-refractivity contribution in [2.24, 2.45) is 0 Å². The molecule has 2 aromatic carbocycles. The molecule has 0 bridgehead atoms. The van der Waals surface area contributed by atoms with Gasteiger partial charge in [-0.3, -0.25) is 4.90 Å². The van der Waals surface area contributed by atoms with E-state index in [1.54, 1.807) is 21.3 Å².